The number of methoxy groups -OCH3 is 1. The zero-order chi connectivity index (χ0) is 8.36. The second kappa shape index (κ2) is 3.01. The summed E-state index contributed by atoms with van der Waals surface area (Å²) in [4.78, 5) is 0. The number of hydrogen-bond acceptors (Lipinski definition) is 1. The molecule has 1 atom stereocenters. The Bertz CT molecular complexity index is 148. The molecule has 0 saturated heterocycles. The molecule has 0 rings (SSSR count). The van der Waals surface area contributed by atoms with Crippen LogP contribution in [-0.4, -0.2) is 13.0 Å². The van der Waals surface area contributed by atoms with Gasteiger partial charge in [-0.1, -0.05) is 0 Å². The van der Waals surface area contributed by atoms with Gasteiger partial charge in [-0.15, -0.1) is 0 Å². The van der Waals surface area contributed by atoms with Gasteiger partial charge in [-0.2, -0.15) is 13.2 Å². The maximum Gasteiger partial charge on any atom is 0.307 e. The number of ether oxygens (including phenoxy) is 1. The van der Waals surface area contributed by atoms with Crippen molar-refractivity contribution in [3.8, 4) is 0 Å². The lowest BCUT2D eigenvalue weighted by Crippen LogP contribution is -2.21. The Balaban J connectivity index is 4.49. The van der Waals surface area contributed by atoms with E-state index in [1.54, 1.807) is 0 Å². The van der Waals surface area contributed by atoms with Crippen molar-refractivity contribution in [3.05, 3.63) is 11.9 Å². The Morgan fingerprint density at radius 1 is 1.30 bits per heavy atom. The lowest BCUT2D eigenvalue weighted by atomic mass is 10.3. The van der Waals surface area contributed by atoms with Crippen molar-refractivity contribution >= 4 is 0 Å². The molecule has 0 saturated carbocycles. The standard InChI is InChI=1S/C5H6F4O/c1-5(9,10-2)3(6)4(7)8/h1-2H3. The molecule has 0 aromatic heterocycles. The SMILES string of the molecule is COC(C)(F)C(F)=C(F)F. The van der Waals surface area contributed by atoms with Gasteiger partial charge in [0.25, 0.3) is 5.85 Å². The molecule has 0 aliphatic carbocycles. The molecule has 0 spiro atoms. The molecular formula is C5H6F4O. The van der Waals surface area contributed by atoms with Crippen LogP contribution in [0.1, 0.15) is 6.92 Å². The lowest BCUT2D eigenvalue weighted by Gasteiger charge is -2.14. The molecule has 0 aromatic carbocycles. The summed E-state index contributed by atoms with van der Waals surface area (Å²) in [5, 5.41) is 0. The largest absolute Gasteiger partial charge is 0.344 e. The molecule has 60 valence electrons. The van der Waals surface area contributed by atoms with Crippen LogP contribution in [-0.2, 0) is 4.74 Å². The minimum Gasteiger partial charge on any atom is -0.344 e. The van der Waals surface area contributed by atoms with Crippen LogP contribution in [0.15, 0.2) is 11.9 Å². The Morgan fingerprint density at radius 2 is 1.70 bits per heavy atom. The van der Waals surface area contributed by atoms with Gasteiger partial charge < -0.3 is 4.74 Å². The fraction of sp³-hybridized carbons (Fsp3) is 0.600. The van der Waals surface area contributed by atoms with Crippen LogP contribution in [0.2, 0.25) is 0 Å². The predicted octanol–water partition coefficient (Wildman–Crippen LogP) is 2.40. The van der Waals surface area contributed by atoms with E-state index in [0.29, 0.717) is 6.92 Å². The summed E-state index contributed by atoms with van der Waals surface area (Å²) in [6.45, 7) is 0.557. The highest BCUT2D eigenvalue weighted by Crippen LogP contribution is 2.27. The second-order valence-electron chi connectivity index (χ2n) is 1.70. The fourth-order valence-electron chi connectivity index (χ4n) is 0.258. The zero-order valence-electron chi connectivity index (χ0n) is 5.42. The second-order valence-corrected chi connectivity index (χ2v) is 1.70. The molecule has 0 aliphatic heterocycles. The van der Waals surface area contributed by atoms with Crippen molar-refractivity contribution in [2.75, 3.05) is 7.11 Å². The first-order valence-electron chi connectivity index (χ1n) is 2.37. The molecule has 1 unspecified atom stereocenters. The first-order chi connectivity index (χ1) is 4.41. The van der Waals surface area contributed by atoms with Gasteiger partial charge in [-0.25, -0.2) is 4.39 Å². The van der Waals surface area contributed by atoms with Crippen LogP contribution < -0.4 is 0 Å². The first-order valence-corrected chi connectivity index (χ1v) is 2.37. The highest BCUT2D eigenvalue weighted by Gasteiger charge is 2.32. The van der Waals surface area contributed by atoms with E-state index in [0.717, 1.165) is 7.11 Å². The maximum absolute atomic E-state index is 12.3. The first kappa shape index (κ1) is 9.42. The van der Waals surface area contributed by atoms with Gasteiger partial charge in [-0.3, -0.25) is 0 Å². The monoisotopic (exact) mass is 158 g/mol. The fourth-order valence-corrected chi connectivity index (χ4v) is 0.258. The Morgan fingerprint density at radius 3 is 1.80 bits per heavy atom. The van der Waals surface area contributed by atoms with Crippen molar-refractivity contribution in [1.29, 1.82) is 0 Å². The average Bonchev–Trinajstić information content (AvgIpc) is 1.86. The quantitative estimate of drug-likeness (QED) is 0.560. The molecule has 0 aromatic rings. The Kier molecular flexibility index (Phi) is 2.83. The summed E-state index contributed by atoms with van der Waals surface area (Å²) in [5.41, 5.74) is 0. The predicted molar refractivity (Wildman–Crippen MR) is 26.9 cm³/mol. The van der Waals surface area contributed by atoms with Crippen LogP contribution in [0.4, 0.5) is 17.6 Å². The van der Waals surface area contributed by atoms with Crippen LogP contribution in [0, 0.1) is 0 Å². The third-order valence-corrected chi connectivity index (χ3v) is 0.941. The summed E-state index contributed by atoms with van der Waals surface area (Å²) in [6.07, 6.45) is -2.70. The van der Waals surface area contributed by atoms with Crippen molar-refractivity contribution in [2.45, 2.75) is 12.8 Å². The van der Waals surface area contributed by atoms with Crippen LogP contribution >= 0.6 is 0 Å². The lowest BCUT2D eigenvalue weighted by molar-refractivity contribution is -0.0921. The van der Waals surface area contributed by atoms with E-state index in [4.69, 9.17) is 0 Å². The number of rotatable bonds is 2. The van der Waals surface area contributed by atoms with Crippen molar-refractivity contribution in [3.63, 3.8) is 0 Å². The minimum atomic E-state index is -3.02. The van der Waals surface area contributed by atoms with Gasteiger partial charge in [0.15, 0.2) is 0 Å². The van der Waals surface area contributed by atoms with Crippen molar-refractivity contribution in [2.24, 2.45) is 0 Å². The highest BCUT2D eigenvalue weighted by atomic mass is 19.3. The van der Waals surface area contributed by atoms with Gasteiger partial charge in [0, 0.05) is 14.0 Å². The molecule has 10 heavy (non-hydrogen) atoms. The number of halogens is 4. The van der Waals surface area contributed by atoms with Crippen LogP contribution in [0.3, 0.4) is 0 Å². The number of alkyl halides is 1. The van der Waals surface area contributed by atoms with Crippen molar-refractivity contribution in [1.82, 2.24) is 0 Å². The molecule has 0 fully saturated rings. The zero-order valence-corrected chi connectivity index (χ0v) is 5.42. The molecule has 0 heterocycles. The van der Waals surface area contributed by atoms with Crippen molar-refractivity contribution < 1.29 is 22.3 Å². The Labute approximate surface area is 55.3 Å². The summed E-state index contributed by atoms with van der Waals surface area (Å²) >= 11 is 0. The van der Waals surface area contributed by atoms with Crippen LogP contribution in [0.5, 0.6) is 0 Å². The average molecular weight is 158 g/mol. The summed E-state index contributed by atoms with van der Waals surface area (Å²) in [6, 6.07) is 0. The van der Waals surface area contributed by atoms with Gasteiger partial charge in [-0.05, 0) is 0 Å². The molecule has 0 N–H and O–H groups in total. The van der Waals surface area contributed by atoms with Gasteiger partial charge >= 0.3 is 6.08 Å². The smallest absolute Gasteiger partial charge is 0.307 e. The van der Waals surface area contributed by atoms with E-state index in [1.807, 2.05) is 0 Å². The minimum absolute atomic E-state index is 0.557. The molecule has 1 nitrogen and oxygen atoms in total. The van der Waals surface area contributed by atoms with E-state index in [-0.39, 0.29) is 0 Å². The van der Waals surface area contributed by atoms with E-state index < -0.39 is 17.8 Å². The van der Waals surface area contributed by atoms with E-state index in [9.17, 15) is 17.6 Å². The molecular weight excluding hydrogens is 152 g/mol. The van der Waals surface area contributed by atoms with E-state index in [1.165, 1.54) is 0 Å². The van der Waals surface area contributed by atoms with E-state index >= 15 is 0 Å². The van der Waals surface area contributed by atoms with Gasteiger partial charge in [0.2, 0.25) is 5.83 Å². The molecule has 0 bridgehead atoms. The van der Waals surface area contributed by atoms with Gasteiger partial charge in [0.1, 0.15) is 0 Å². The normalized spacial score (nSPS) is 16.2. The Hall–Kier alpha value is -0.580. The summed E-state index contributed by atoms with van der Waals surface area (Å²) < 4.78 is 50.6. The molecule has 0 aliphatic rings. The third-order valence-electron chi connectivity index (χ3n) is 0.941. The highest BCUT2D eigenvalue weighted by molar-refractivity contribution is 5.02. The topological polar surface area (TPSA) is 9.23 Å². The third kappa shape index (κ3) is 1.98. The van der Waals surface area contributed by atoms with Gasteiger partial charge in [0.05, 0.1) is 0 Å². The molecule has 5 heteroatoms. The molecule has 0 radical (unpaired) electrons. The van der Waals surface area contributed by atoms with E-state index in [2.05, 4.69) is 4.74 Å². The molecule has 0 amide bonds. The number of hydrogen-bond donors (Lipinski definition) is 0. The van der Waals surface area contributed by atoms with Crippen LogP contribution in [0.25, 0.3) is 0 Å². The summed E-state index contributed by atoms with van der Waals surface area (Å²) in [7, 11) is 0.794. The summed E-state index contributed by atoms with van der Waals surface area (Å²) in [5.74, 6) is -5.20. The maximum atomic E-state index is 12.3.